The molecule has 0 saturated carbocycles. The number of benzene rings is 1. The Morgan fingerprint density at radius 2 is 2.20 bits per heavy atom. The van der Waals surface area contributed by atoms with E-state index in [-0.39, 0.29) is 11.6 Å². The van der Waals surface area contributed by atoms with E-state index in [9.17, 15) is 14.9 Å². The number of nitrogens with zero attached hydrogens (tertiary/aromatic N) is 1. The second-order valence-corrected chi connectivity index (χ2v) is 3.85. The van der Waals surface area contributed by atoms with Crippen molar-refractivity contribution in [2.75, 3.05) is 0 Å². The molecule has 1 aliphatic rings. The van der Waals surface area contributed by atoms with Crippen LogP contribution in [0.15, 0.2) is 18.2 Å². The third kappa shape index (κ3) is 1.88. The maximum Gasteiger partial charge on any atom is 0.269 e. The highest BCUT2D eigenvalue weighted by atomic mass is 16.6. The molecule has 0 N–H and O–H groups in total. The summed E-state index contributed by atoms with van der Waals surface area (Å²) >= 11 is 0. The van der Waals surface area contributed by atoms with Crippen LogP contribution in [0.1, 0.15) is 17.5 Å². The predicted molar refractivity (Wildman–Crippen MR) is 54.7 cm³/mol. The highest BCUT2D eigenvalue weighted by Crippen LogP contribution is 2.27. The molecular weight excluding hydrogens is 194 g/mol. The van der Waals surface area contributed by atoms with Crippen molar-refractivity contribution in [1.29, 1.82) is 0 Å². The van der Waals surface area contributed by atoms with Gasteiger partial charge in [0.25, 0.3) is 5.69 Å². The molecule has 0 spiro atoms. The fraction of sp³-hybridized carbons (Fsp3) is 0.364. The number of fused-ring (bicyclic) bond motifs is 1. The summed E-state index contributed by atoms with van der Waals surface area (Å²) in [6, 6.07) is 4.92. The lowest BCUT2D eigenvalue weighted by Crippen LogP contribution is -2.15. The summed E-state index contributed by atoms with van der Waals surface area (Å²) in [5.41, 5.74) is 2.20. The Morgan fingerprint density at radius 1 is 1.40 bits per heavy atom. The van der Waals surface area contributed by atoms with E-state index in [4.69, 9.17) is 0 Å². The topological polar surface area (TPSA) is 60.2 Å². The summed E-state index contributed by atoms with van der Waals surface area (Å²) in [5, 5.41) is 10.6. The lowest BCUT2D eigenvalue weighted by Gasteiger charge is -2.19. The Labute approximate surface area is 87.1 Å². The van der Waals surface area contributed by atoms with Crippen LogP contribution in [-0.4, -0.2) is 11.2 Å². The average molecular weight is 205 g/mol. The van der Waals surface area contributed by atoms with Gasteiger partial charge in [-0.2, -0.15) is 0 Å². The first-order valence-electron chi connectivity index (χ1n) is 4.92. The number of nitro groups is 1. The lowest BCUT2D eigenvalue weighted by atomic mass is 9.84. The third-order valence-electron chi connectivity index (χ3n) is 2.86. The zero-order chi connectivity index (χ0) is 10.8. The van der Waals surface area contributed by atoms with E-state index in [1.165, 1.54) is 6.07 Å². The molecule has 0 saturated heterocycles. The van der Waals surface area contributed by atoms with Gasteiger partial charge in [-0.05, 0) is 30.4 Å². The smallest absolute Gasteiger partial charge is 0.269 e. The van der Waals surface area contributed by atoms with Gasteiger partial charge in [-0.1, -0.05) is 6.07 Å². The van der Waals surface area contributed by atoms with Crippen molar-refractivity contribution >= 4 is 12.0 Å². The van der Waals surface area contributed by atoms with Gasteiger partial charge in [-0.15, -0.1) is 0 Å². The number of hydrogen-bond acceptors (Lipinski definition) is 3. The molecule has 0 bridgehead atoms. The molecule has 2 rings (SSSR count). The second kappa shape index (κ2) is 3.81. The van der Waals surface area contributed by atoms with Crippen LogP contribution in [0.4, 0.5) is 5.69 Å². The number of carbonyl (C=O) groups is 1. The normalized spacial score (nSPS) is 19.3. The highest BCUT2D eigenvalue weighted by molar-refractivity contribution is 5.56. The summed E-state index contributed by atoms with van der Waals surface area (Å²) in [6.45, 7) is 0. The van der Waals surface area contributed by atoms with Crippen LogP contribution in [0.3, 0.4) is 0 Å². The number of nitro benzene ring substituents is 1. The van der Waals surface area contributed by atoms with E-state index >= 15 is 0 Å². The van der Waals surface area contributed by atoms with Crippen molar-refractivity contribution in [2.45, 2.75) is 19.3 Å². The number of hydrogen-bond donors (Lipinski definition) is 0. The molecular formula is C11H11NO3. The first kappa shape index (κ1) is 9.83. The molecule has 15 heavy (non-hydrogen) atoms. The first-order chi connectivity index (χ1) is 7.20. The maximum absolute atomic E-state index is 10.7. The average Bonchev–Trinajstić information content (AvgIpc) is 2.27. The molecule has 4 heteroatoms. The maximum atomic E-state index is 10.7. The van der Waals surface area contributed by atoms with Gasteiger partial charge in [0.2, 0.25) is 0 Å². The summed E-state index contributed by atoms with van der Waals surface area (Å²) in [4.78, 5) is 20.8. The van der Waals surface area contributed by atoms with Crippen LogP contribution in [-0.2, 0) is 17.6 Å². The van der Waals surface area contributed by atoms with Crippen LogP contribution in [0.2, 0.25) is 0 Å². The van der Waals surface area contributed by atoms with Gasteiger partial charge >= 0.3 is 0 Å². The van der Waals surface area contributed by atoms with Crippen molar-refractivity contribution < 1.29 is 9.72 Å². The van der Waals surface area contributed by atoms with Crippen LogP contribution < -0.4 is 0 Å². The minimum absolute atomic E-state index is 0.0273. The molecule has 1 aromatic carbocycles. The zero-order valence-electron chi connectivity index (χ0n) is 8.18. The van der Waals surface area contributed by atoms with E-state index in [0.717, 1.165) is 30.3 Å². The van der Waals surface area contributed by atoms with Crippen LogP contribution in [0.5, 0.6) is 0 Å². The Kier molecular flexibility index (Phi) is 2.49. The second-order valence-electron chi connectivity index (χ2n) is 3.85. The SMILES string of the molecule is O=C[C@H]1CCc2ccc([N+](=O)[O-])cc2C1. The summed E-state index contributed by atoms with van der Waals surface area (Å²) < 4.78 is 0. The van der Waals surface area contributed by atoms with E-state index in [2.05, 4.69) is 0 Å². The van der Waals surface area contributed by atoms with Gasteiger partial charge in [-0.25, -0.2) is 0 Å². The summed E-state index contributed by atoms with van der Waals surface area (Å²) in [7, 11) is 0. The highest BCUT2D eigenvalue weighted by Gasteiger charge is 2.20. The quantitative estimate of drug-likeness (QED) is 0.421. The Bertz CT molecular complexity index is 414. The largest absolute Gasteiger partial charge is 0.303 e. The van der Waals surface area contributed by atoms with Crippen LogP contribution >= 0.6 is 0 Å². The standard InChI is InChI=1S/C11H11NO3/c13-7-8-1-2-9-3-4-11(12(14)15)6-10(9)5-8/h3-4,6-8H,1-2,5H2/t8-/m0/s1. The predicted octanol–water partition coefficient (Wildman–Crippen LogP) is 1.90. The summed E-state index contributed by atoms with van der Waals surface area (Å²) in [5.74, 6) is 0.0273. The third-order valence-corrected chi connectivity index (χ3v) is 2.86. The molecule has 1 aliphatic carbocycles. The molecule has 1 aromatic rings. The minimum Gasteiger partial charge on any atom is -0.303 e. The van der Waals surface area contributed by atoms with E-state index < -0.39 is 4.92 Å². The molecule has 0 radical (unpaired) electrons. The molecule has 0 heterocycles. The van der Waals surface area contributed by atoms with E-state index in [1.54, 1.807) is 12.1 Å². The Hall–Kier alpha value is -1.71. The number of rotatable bonds is 2. The van der Waals surface area contributed by atoms with E-state index in [1.807, 2.05) is 0 Å². The number of non-ortho nitro benzene ring substituents is 1. The fourth-order valence-electron chi connectivity index (χ4n) is 2.00. The summed E-state index contributed by atoms with van der Waals surface area (Å²) in [6.07, 6.45) is 3.29. The van der Waals surface area contributed by atoms with Gasteiger partial charge in [-0.3, -0.25) is 10.1 Å². The number of carbonyl (C=O) groups excluding carboxylic acids is 1. The van der Waals surface area contributed by atoms with Crippen molar-refractivity contribution in [3.63, 3.8) is 0 Å². The molecule has 0 unspecified atom stereocenters. The zero-order valence-corrected chi connectivity index (χ0v) is 8.18. The van der Waals surface area contributed by atoms with Crippen molar-refractivity contribution in [1.82, 2.24) is 0 Å². The van der Waals surface area contributed by atoms with E-state index in [0.29, 0.717) is 6.42 Å². The van der Waals surface area contributed by atoms with Crippen molar-refractivity contribution in [2.24, 2.45) is 5.92 Å². The molecule has 0 aliphatic heterocycles. The number of aryl methyl sites for hydroxylation is 1. The van der Waals surface area contributed by atoms with Crippen LogP contribution in [0.25, 0.3) is 0 Å². The molecule has 0 fully saturated rings. The van der Waals surface area contributed by atoms with Gasteiger partial charge in [0.1, 0.15) is 6.29 Å². The number of aldehydes is 1. The molecule has 78 valence electrons. The van der Waals surface area contributed by atoms with Crippen LogP contribution in [0, 0.1) is 16.0 Å². The molecule has 4 nitrogen and oxygen atoms in total. The Balaban J connectivity index is 2.34. The Morgan fingerprint density at radius 3 is 2.87 bits per heavy atom. The van der Waals surface area contributed by atoms with Crippen molar-refractivity contribution in [3.8, 4) is 0 Å². The first-order valence-corrected chi connectivity index (χ1v) is 4.92. The molecule has 1 atom stereocenters. The monoisotopic (exact) mass is 205 g/mol. The van der Waals surface area contributed by atoms with Crippen molar-refractivity contribution in [3.05, 3.63) is 39.4 Å². The van der Waals surface area contributed by atoms with Gasteiger partial charge in [0, 0.05) is 18.1 Å². The molecule has 0 amide bonds. The van der Waals surface area contributed by atoms with Gasteiger partial charge in [0.15, 0.2) is 0 Å². The fourth-order valence-corrected chi connectivity index (χ4v) is 2.00. The van der Waals surface area contributed by atoms with Gasteiger partial charge < -0.3 is 4.79 Å². The molecule has 0 aromatic heterocycles. The minimum atomic E-state index is -0.398. The lowest BCUT2D eigenvalue weighted by molar-refractivity contribution is -0.384. The van der Waals surface area contributed by atoms with Gasteiger partial charge in [0.05, 0.1) is 4.92 Å².